The monoisotopic (exact) mass is 293 g/mol. The summed E-state index contributed by atoms with van der Waals surface area (Å²) in [5.41, 5.74) is 3.84. The molecule has 0 spiro atoms. The van der Waals surface area contributed by atoms with E-state index in [1.165, 1.54) is 5.56 Å². The van der Waals surface area contributed by atoms with E-state index in [9.17, 15) is 4.79 Å². The predicted octanol–water partition coefficient (Wildman–Crippen LogP) is 2.72. The zero-order valence-corrected chi connectivity index (χ0v) is 13.1. The molecular formula is C18H19N3O. The number of aryl methyl sites for hydroxylation is 2. The lowest BCUT2D eigenvalue weighted by Crippen LogP contribution is -2.27. The maximum atomic E-state index is 13.0. The molecule has 0 unspecified atom stereocenters. The van der Waals surface area contributed by atoms with Gasteiger partial charge in [0.15, 0.2) is 0 Å². The Morgan fingerprint density at radius 3 is 2.64 bits per heavy atom. The molecule has 0 amide bonds. The zero-order valence-electron chi connectivity index (χ0n) is 13.1. The molecular weight excluding hydrogens is 274 g/mol. The molecule has 0 radical (unpaired) electrons. The highest BCUT2D eigenvalue weighted by atomic mass is 16.1. The van der Waals surface area contributed by atoms with Crippen molar-refractivity contribution >= 4 is 10.9 Å². The zero-order chi connectivity index (χ0) is 15.7. The maximum Gasteiger partial charge on any atom is 0.266 e. The molecule has 0 saturated heterocycles. The Labute approximate surface area is 129 Å². The van der Waals surface area contributed by atoms with Gasteiger partial charge in [-0.2, -0.15) is 0 Å². The number of aromatic nitrogens is 2. The van der Waals surface area contributed by atoms with Crippen molar-refractivity contribution in [1.82, 2.24) is 14.9 Å². The fourth-order valence-electron chi connectivity index (χ4n) is 2.76. The summed E-state index contributed by atoms with van der Waals surface area (Å²) in [6, 6.07) is 13.6. The average molecular weight is 293 g/mol. The van der Waals surface area contributed by atoms with Crippen LogP contribution in [0.1, 0.15) is 17.0 Å². The molecule has 1 aromatic heterocycles. The summed E-state index contributed by atoms with van der Waals surface area (Å²) in [6.07, 6.45) is 0. The first kappa shape index (κ1) is 14.5. The summed E-state index contributed by atoms with van der Waals surface area (Å²) >= 11 is 0. The molecule has 0 aliphatic carbocycles. The first-order valence-corrected chi connectivity index (χ1v) is 7.34. The van der Waals surface area contributed by atoms with E-state index in [1.54, 1.807) is 4.57 Å². The van der Waals surface area contributed by atoms with Gasteiger partial charge in [-0.15, -0.1) is 0 Å². The van der Waals surface area contributed by atoms with Gasteiger partial charge in [-0.1, -0.05) is 29.8 Å². The second-order valence-corrected chi connectivity index (χ2v) is 5.51. The Balaban J connectivity index is 2.38. The molecule has 0 fully saturated rings. The van der Waals surface area contributed by atoms with Gasteiger partial charge in [0.25, 0.3) is 5.56 Å². The number of nitrogens with zero attached hydrogens (tertiary/aromatic N) is 2. The van der Waals surface area contributed by atoms with Crippen LogP contribution in [0.3, 0.4) is 0 Å². The molecule has 0 saturated carbocycles. The van der Waals surface area contributed by atoms with E-state index in [1.807, 2.05) is 57.3 Å². The lowest BCUT2D eigenvalue weighted by molar-refractivity contribution is 0.718. The van der Waals surface area contributed by atoms with Gasteiger partial charge in [-0.05, 0) is 44.7 Å². The molecule has 0 aliphatic rings. The molecule has 4 heteroatoms. The van der Waals surface area contributed by atoms with Crippen LogP contribution in [-0.2, 0) is 6.54 Å². The Kier molecular flexibility index (Phi) is 3.77. The van der Waals surface area contributed by atoms with Crippen molar-refractivity contribution in [3.8, 4) is 5.69 Å². The number of para-hydroxylation sites is 1. The van der Waals surface area contributed by atoms with Gasteiger partial charge in [-0.25, -0.2) is 4.98 Å². The van der Waals surface area contributed by atoms with E-state index in [0.717, 1.165) is 22.6 Å². The van der Waals surface area contributed by atoms with Crippen molar-refractivity contribution in [3.05, 3.63) is 69.8 Å². The highest BCUT2D eigenvalue weighted by Crippen LogP contribution is 2.17. The minimum absolute atomic E-state index is 0.0252. The van der Waals surface area contributed by atoms with Crippen LogP contribution in [-0.4, -0.2) is 16.6 Å². The number of hydrogen-bond donors (Lipinski definition) is 1. The summed E-state index contributed by atoms with van der Waals surface area (Å²) in [5.74, 6) is 0.721. The average Bonchev–Trinajstić information content (AvgIpc) is 2.49. The summed E-state index contributed by atoms with van der Waals surface area (Å²) in [4.78, 5) is 17.6. The number of rotatable bonds is 3. The summed E-state index contributed by atoms with van der Waals surface area (Å²) < 4.78 is 1.72. The van der Waals surface area contributed by atoms with Crippen LogP contribution in [0.25, 0.3) is 16.6 Å². The molecule has 112 valence electrons. The van der Waals surface area contributed by atoms with Crippen molar-refractivity contribution in [1.29, 1.82) is 0 Å². The number of benzene rings is 2. The number of nitrogens with one attached hydrogen (secondary N) is 1. The quantitative estimate of drug-likeness (QED) is 0.807. The second kappa shape index (κ2) is 5.73. The lowest BCUT2D eigenvalue weighted by atomic mass is 10.1. The largest absolute Gasteiger partial charge is 0.313 e. The fraction of sp³-hybridized carbons (Fsp3) is 0.222. The van der Waals surface area contributed by atoms with Crippen LogP contribution in [0.15, 0.2) is 47.3 Å². The standard InChI is InChI=1S/C18H19N3O/c1-12-8-9-16(13(2)10-12)21-17(11-19-3)20-15-7-5-4-6-14(15)18(21)22/h4-10,19H,11H2,1-3H3. The van der Waals surface area contributed by atoms with E-state index in [2.05, 4.69) is 16.4 Å². The van der Waals surface area contributed by atoms with Crippen molar-refractivity contribution < 1.29 is 0 Å². The van der Waals surface area contributed by atoms with Crippen LogP contribution >= 0.6 is 0 Å². The van der Waals surface area contributed by atoms with Crippen molar-refractivity contribution in [3.63, 3.8) is 0 Å². The van der Waals surface area contributed by atoms with E-state index in [-0.39, 0.29) is 5.56 Å². The fourth-order valence-corrected chi connectivity index (χ4v) is 2.76. The maximum absolute atomic E-state index is 13.0. The van der Waals surface area contributed by atoms with Crippen molar-refractivity contribution in [2.24, 2.45) is 0 Å². The predicted molar refractivity (Wildman–Crippen MR) is 89.6 cm³/mol. The highest BCUT2D eigenvalue weighted by molar-refractivity contribution is 5.77. The van der Waals surface area contributed by atoms with Crippen molar-refractivity contribution in [2.75, 3.05) is 7.05 Å². The lowest BCUT2D eigenvalue weighted by Gasteiger charge is -2.15. The highest BCUT2D eigenvalue weighted by Gasteiger charge is 2.13. The Morgan fingerprint density at radius 2 is 1.91 bits per heavy atom. The van der Waals surface area contributed by atoms with Crippen LogP contribution in [0, 0.1) is 13.8 Å². The van der Waals surface area contributed by atoms with Gasteiger partial charge in [-0.3, -0.25) is 9.36 Å². The van der Waals surface area contributed by atoms with Crippen molar-refractivity contribution in [2.45, 2.75) is 20.4 Å². The molecule has 4 nitrogen and oxygen atoms in total. The first-order chi connectivity index (χ1) is 10.6. The van der Waals surface area contributed by atoms with E-state index >= 15 is 0 Å². The molecule has 3 aromatic rings. The van der Waals surface area contributed by atoms with Crippen LogP contribution in [0.2, 0.25) is 0 Å². The molecule has 1 heterocycles. The SMILES string of the molecule is CNCc1nc2ccccc2c(=O)n1-c1ccc(C)cc1C. The summed E-state index contributed by atoms with van der Waals surface area (Å²) in [5, 5.41) is 3.74. The molecule has 22 heavy (non-hydrogen) atoms. The molecule has 0 atom stereocenters. The second-order valence-electron chi connectivity index (χ2n) is 5.51. The molecule has 0 aliphatic heterocycles. The Bertz CT molecular complexity index is 896. The Morgan fingerprint density at radius 1 is 1.14 bits per heavy atom. The van der Waals surface area contributed by atoms with E-state index < -0.39 is 0 Å². The summed E-state index contributed by atoms with van der Waals surface area (Å²) in [6.45, 7) is 4.60. The Hall–Kier alpha value is -2.46. The van der Waals surface area contributed by atoms with E-state index in [0.29, 0.717) is 11.9 Å². The van der Waals surface area contributed by atoms with Crippen LogP contribution in [0.4, 0.5) is 0 Å². The molecule has 2 aromatic carbocycles. The number of hydrogen-bond acceptors (Lipinski definition) is 3. The summed E-state index contributed by atoms with van der Waals surface area (Å²) in [7, 11) is 1.85. The van der Waals surface area contributed by atoms with E-state index in [4.69, 9.17) is 0 Å². The number of fused-ring (bicyclic) bond motifs is 1. The molecule has 1 N–H and O–H groups in total. The van der Waals surface area contributed by atoms with Crippen LogP contribution in [0.5, 0.6) is 0 Å². The van der Waals surface area contributed by atoms with Gasteiger partial charge >= 0.3 is 0 Å². The van der Waals surface area contributed by atoms with Gasteiger partial charge in [0, 0.05) is 0 Å². The first-order valence-electron chi connectivity index (χ1n) is 7.34. The topological polar surface area (TPSA) is 46.9 Å². The molecule has 3 rings (SSSR count). The molecule has 0 bridgehead atoms. The minimum Gasteiger partial charge on any atom is -0.313 e. The van der Waals surface area contributed by atoms with Gasteiger partial charge in [0.1, 0.15) is 5.82 Å². The van der Waals surface area contributed by atoms with Gasteiger partial charge < -0.3 is 5.32 Å². The van der Waals surface area contributed by atoms with Crippen LogP contribution < -0.4 is 10.9 Å². The minimum atomic E-state index is -0.0252. The third-order valence-corrected chi connectivity index (χ3v) is 3.77. The van der Waals surface area contributed by atoms with Gasteiger partial charge in [0.05, 0.1) is 23.1 Å². The smallest absolute Gasteiger partial charge is 0.266 e. The third-order valence-electron chi connectivity index (χ3n) is 3.77. The normalized spacial score (nSPS) is 11.0. The third kappa shape index (κ3) is 2.42. The van der Waals surface area contributed by atoms with Gasteiger partial charge in [0.2, 0.25) is 0 Å².